The highest BCUT2D eigenvalue weighted by Gasteiger charge is 2.10. The number of rotatable bonds is 6. The second-order valence-corrected chi connectivity index (χ2v) is 3.96. The van der Waals surface area contributed by atoms with Gasteiger partial charge in [-0.15, -0.1) is 0 Å². The Morgan fingerprint density at radius 2 is 2.06 bits per heavy atom. The molecule has 0 atom stereocenters. The smallest absolute Gasteiger partial charge is 0.329 e. The summed E-state index contributed by atoms with van der Waals surface area (Å²) >= 11 is 5.80. The monoisotopic (exact) mass is 260 g/mol. The molecule has 0 spiro atoms. The first-order valence-electron chi connectivity index (χ1n) is 5.71. The fourth-order valence-corrected chi connectivity index (χ4v) is 1.86. The maximum atomic E-state index is 11.9. The Hall–Kier alpha value is -1.07. The topological polar surface area (TPSA) is 64.1 Å². The minimum atomic E-state index is -0.464. The molecule has 0 aromatic carbocycles. The second kappa shape index (κ2) is 6.61. The normalized spacial score (nSPS) is 10.8. The highest BCUT2D eigenvalue weighted by Crippen LogP contribution is 2.05. The first-order chi connectivity index (χ1) is 8.11. The number of ether oxygens (including phenoxy) is 1. The zero-order valence-electron chi connectivity index (χ0n) is 10.1. The predicted octanol–water partition coefficient (Wildman–Crippen LogP) is 1.18. The molecular formula is C11H17ClN2O3. The zero-order chi connectivity index (χ0) is 12.8. The number of hydrogen-bond acceptors (Lipinski definition) is 3. The van der Waals surface area contributed by atoms with Gasteiger partial charge in [-0.2, -0.15) is 0 Å². The lowest BCUT2D eigenvalue weighted by atomic mass is 10.2. The molecule has 5 nitrogen and oxygen atoms in total. The third-order valence-electron chi connectivity index (χ3n) is 2.46. The molecule has 0 radical (unpaired) electrons. The van der Waals surface area contributed by atoms with Crippen LogP contribution in [0.4, 0.5) is 0 Å². The number of aromatic nitrogens is 2. The van der Waals surface area contributed by atoms with Crippen molar-refractivity contribution in [1.82, 2.24) is 9.55 Å². The van der Waals surface area contributed by atoms with Gasteiger partial charge in [-0.3, -0.25) is 14.3 Å². The van der Waals surface area contributed by atoms with Gasteiger partial charge in [0.2, 0.25) is 0 Å². The Morgan fingerprint density at radius 1 is 1.35 bits per heavy atom. The van der Waals surface area contributed by atoms with Crippen LogP contribution in [0.15, 0.2) is 9.59 Å². The molecule has 0 aliphatic heterocycles. The molecule has 0 fully saturated rings. The van der Waals surface area contributed by atoms with Crippen molar-refractivity contribution < 1.29 is 4.74 Å². The molecule has 1 heterocycles. The van der Waals surface area contributed by atoms with E-state index in [4.69, 9.17) is 16.3 Å². The van der Waals surface area contributed by atoms with E-state index >= 15 is 0 Å². The SMILES string of the molecule is CCOCCCn1c(=O)[nH]c(Cl)c(CC)c1=O. The van der Waals surface area contributed by atoms with Crippen LogP contribution in [-0.2, 0) is 17.7 Å². The number of nitrogens with one attached hydrogen (secondary N) is 1. The maximum absolute atomic E-state index is 11.9. The van der Waals surface area contributed by atoms with E-state index in [9.17, 15) is 9.59 Å². The highest BCUT2D eigenvalue weighted by atomic mass is 35.5. The summed E-state index contributed by atoms with van der Waals surface area (Å²) in [6.07, 6.45) is 1.13. The summed E-state index contributed by atoms with van der Waals surface area (Å²) in [6.45, 7) is 5.23. The minimum absolute atomic E-state index is 0.142. The van der Waals surface area contributed by atoms with E-state index in [0.717, 1.165) is 0 Å². The molecule has 0 aliphatic rings. The molecule has 1 N–H and O–H groups in total. The fraction of sp³-hybridized carbons (Fsp3) is 0.636. The van der Waals surface area contributed by atoms with Gasteiger partial charge in [0, 0.05) is 19.8 Å². The van der Waals surface area contributed by atoms with Crippen molar-refractivity contribution in [2.75, 3.05) is 13.2 Å². The van der Waals surface area contributed by atoms with Gasteiger partial charge in [0.1, 0.15) is 5.15 Å². The number of H-pyrrole nitrogens is 1. The fourth-order valence-electron chi connectivity index (χ4n) is 1.56. The maximum Gasteiger partial charge on any atom is 0.329 e. The molecule has 1 aromatic rings. The summed E-state index contributed by atoms with van der Waals surface area (Å²) in [7, 11) is 0. The molecule has 1 rings (SSSR count). The van der Waals surface area contributed by atoms with Gasteiger partial charge in [0.25, 0.3) is 5.56 Å². The van der Waals surface area contributed by atoms with Gasteiger partial charge in [0.15, 0.2) is 0 Å². The lowest BCUT2D eigenvalue weighted by molar-refractivity contribution is 0.141. The zero-order valence-corrected chi connectivity index (χ0v) is 10.8. The molecule has 1 aromatic heterocycles. The van der Waals surface area contributed by atoms with Crippen LogP contribution in [-0.4, -0.2) is 22.8 Å². The average Bonchev–Trinajstić information content (AvgIpc) is 2.28. The van der Waals surface area contributed by atoms with E-state index < -0.39 is 5.69 Å². The van der Waals surface area contributed by atoms with Crippen molar-refractivity contribution in [2.24, 2.45) is 0 Å². The van der Waals surface area contributed by atoms with Gasteiger partial charge in [-0.1, -0.05) is 18.5 Å². The molecule has 0 bridgehead atoms. The molecule has 6 heteroatoms. The van der Waals surface area contributed by atoms with Crippen molar-refractivity contribution in [3.05, 3.63) is 31.6 Å². The van der Waals surface area contributed by atoms with E-state index in [-0.39, 0.29) is 10.7 Å². The van der Waals surface area contributed by atoms with Crippen LogP contribution in [0.3, 0.4) is 0 Å². The summed E-state index contributed by atoms with van der Waals surface area (Å²) in [6, 6.07) is 0. The average molecular weight is 261 g/mol. The third-order valence-corrected chi connectivity index (χ3v) is 2.78. The van der Waals surface area contributed by atoms with Crippen molar-refractivity contribution in [3.63, 3.8) is 0 Å². The minimum Gasteiger partial charge on any atom is -0.382 e. The van der Waals surface area contributed by atoms with Crippen LogP contribution in [0.25, 0.3) is 0 Å². The Bertz CT molecular complexity index is 479. The Kier molecular flexibility index (Phi) is 5.44. The summed E-state index contributed by atoms with van der Waals surface area (Å²) in [4.78, 5) is 26.0. The number of aromatic amines is 1. The standard InChI is InChI=1S/C11H17ClN2O3/c1-3-8-9(12)13-11(16)14(10(8)15)6-5-7-17-4-2/h3-7H2,1-2H3,(H,13,16). The summed E-state index contributed by atoms with van der Waals surface area (Å²) in [5.41, 5.74) is -0.325. The van der Waals surface area contributed by atoms with Crippen molar-refractivity contribution in [2.45, 2.75) is 33.2 Å². The van der Waals surface area contributed by atoms with Crippen molar-refractivity contribution >= 4 is 11.6 Å². The van der Waals surface area contributed by atoms with Gasteiger partial charge >= 0.3 is 5.69 Å². The van der Waals surface area contributed by atoms with Gasteiger partial charge < -0.3 is 4.74 Å². The summed E-state index contributed by atoms with van der Waals surface area (Å²) in [5.74, 6) is 0. The van der Waals surface area contributed by atoms with Crippen LogP contribution >= 0.6 is 11.6 Å². The molecule has 0 aliphatic carbocycles. The van der Waals surface area contributed by atoms with E-state index in [2.05, 4.69) is 4.98 Å². The van der Waals surface area contributed by atoms with Gasteiger partial charge in [-0.25, -0.2) is 4.79 Å². The van der Waals surface area contributed by atoms with Crippen molar-refractivity contribution in [1.29, 1.82) is 0 Å². The third kappa shape index (κ3) is 3.44. The molecule has 0 unspecified atom stereocenters. The largest absolute Gasteiger partial charge is 0.382 e. The van der Waals surface area contributed by atoms with Crippen LogP contribution in [0.1, 0.15) is 25.8 Å². The first-order valence-corrected chi connectivity index (χ1v) is 6.08. The second-order valence-electron chi connectivity index (χ2n) is 3.58. The van der Waals surface area contributed by atoms with E-state index in [0.29, 0.717) is 38.2 Å². The Morgan fingerprint density at radius 3 is 2.65 bits per heavy atom. The summed E-state index contributed by atoms with van der Waals surface area (Å²) < 4.78 is 6.33. The highest BCUT2D eigenvalue weighted by molar-refractivity contribution is 6.30. The lowest BCUT2D eigenvalue weighted by Gasteiger charge is -2.07. The van der Waals surface area contributed by atoms with Crippen LogP contribution < -0.4 is 11.2 Å². The molecule has 0 saturated heterocycles. The number of nitrogens with zero attached hydrogens (tertiary/aromatic N) is 1. The summed E-state index contributed by atoms with van der Waals surface area (Å²) in [5, 5.41) is 0.142. The Labute approximate surface area is 104 Å². The molecule has 0 amide bonds. The Balaban J connectivity index is 2.92. The molecule has 0 saturated carbocycles. The predicted molar refractivity (Wildman–Crippen MR) is 66.8 cm³/mol. The number of hydrogen-bond donors (Lipinski definition) is 1. The van der Waals surface area contributed by atoms with E-state index in [1.165, 1.54) is 4.57 Å². The van der Waals surface area contributed by atoms with Crippen molar-refractivity contribution in [3.8, 4) is 0 Å². The van der Waals surface area contributed by atoms with Gasteiger partial charge in [-0.05, 0) is 19.8 Å². The van der Waals surface area contributed by atoms with Crippen LogP contribution in [0, 0.1) is 0 Å². The number of halogens is 1. The molecular weight excluding hydrogens is 244 g/mol. The van der Waals surface area contributed by atoms with E-state index in [1.807, 2.05) is 13.8 Å². The quantitative estimate of drug-likeness (QED) is 0.617. The molecule has 17 heavy (non-hydrogen) atoms. The van der Waals surface area contributed by atoms with Crippen LogP contribution in [0.2, 0.25) is 5.15 Å². The first kappa shape index (κ1) is 14.0. The van der Waals surface area contributed by atoms with E-state index in [1.54, 1.807) is 0 Å². The molecule has 96 valence electrons. The lowest BCUT2D eigenvalue weighted by Crippen LogP contribution is -2.37. The van der Waals surface area contributed by atoms with Gasteiger partial charge in [0.05, 0.1) is 5.56 Å². The van der Waals surface area contributed by atoms with Crippen LogP contribution in [0.5, 0.6) is 0 Å².